The molecule has 23 heavy (non-hydrogen) atoms. The van der Waals surface area contributed by atoms with E-state index in [2.05, 4.69) is 4.90 Å². The average Bonchev–Trinajstić information content (AvgIpc) is 2.60. The topological polar surface area (TPSA) is 29.5 Å². The molecule has 2 saturated heterocycles. The second-order valence-electron chi connectivity index (χ2n) is 6.85. The molecule has 1 amide bonds. The van der Waals surface area contributed by atoms with Gasteiger partial charge in [0.05, 0.1) is 0 Å². The molecule has 1 atom stereocenters. The molecule has 0 unspecified atom stereocenters. The van der Waals surface area contributed by atoms with Gasteiger partial charge in [0, 0.05) is 32.2 Å². The van der Waals surface area contributed by atoms with Gasteiger partial charge in [-0.1, -0.05) is 12.1 Å². The number of benzene rings is 1. The summed E-state index contributed by atoms with van der Waals surface area (Å²) in [5, 5.41) is 0. The highest BCUT2D eigenvalue weighted by atomic mass is 19.1. The lowest BCUT2D eigenvalue weighted by molar-refractivity contribution is -0.140. The lowest BCUT2D eigenvalue weighted by Gasteiger charge is -2.36. The van der Waals surface area contributed by atoms with Gasteiger partial charge in [0.1, 0.15) is 5.82 Å². The predicted molar refractivity (Wildman–Crippen MR) is 87.6 cm³/mol. The van der Waals surface area contributed by atoms with E-state index in [1.165, 1.54) is 12.5 Å². The van der Waals surface area contributed by atoms with Crippen molar-refractivity contribution in [3.8, 4) is 0 Å². The van der Waals surface area contributed by atoms with Crippen LogP contribution < -0.4 is 0 Å². The summed E-state index contributed by atoms with van der Waals surface area (Å²) in [6, 6.07) is 6.86. The van der Waals surface area contributed by atoms with Crippen LogP contribution in [0, 0.1) is 17.7 Å². The van der Waals surface area contributed by atoms with Gasteiger partial charge in [-0.25, -0.2) is 4.39 Å². The van der Waals surface area contributed by atoms with E-state index in [9.17, 15) is 9.18 Å². The second-order valence-corrected chi connectivity index (χ2v) is 6.85. The first-order valence-corrected chi connectivity index (χ1v) is 8.83. The Kier molecular flexibility index (Phi) is 5.65. The van der Waals surface area contributed by atoms with Crippen LogP contribution >= 0.6 is 0 Å². The van der Waals surface area contributed by atoms with Crippen LogP contribution in [-0.2, 0) is 16.0 Å². The summed E-state index contributed by atoms with van der Waals surface area (Å²) in [6.45, 7) is 3.19. The van der Waals surface area contributed by atoms with Gasteiger partial charge < -0.3 is 9.64 Å². The van der Waals surface area contributed by atoms with Crippen molar-refractivity contribution < 1.29 is 13.9 Å². The zero-order chi connectivity index (χ0) is 16.1. The predicted octanol–water partition coefficient (Wildman–Crippen LogP) is 3.42. The van der Waals surface area contributed by atoms with Crippen LogP contribution in [0.5, 0.6) is 0 Å². The molecule has 0 radical (unpaired) electrons. The fraction of sp³-hybridized carbons (Fsp3) is 0.632. The first-order valence-electron chi connectivity index (χ1n) is 8.83. The lowest BCUT2D eigenvalue weighted by atomic mass is 9.90. The molecule has 3 rings (SSSR count). The Morgan fingerprint density at radius 3 is 2.87 bits per heavy atom. The SMILES string of the molecule is O=C(C1CCOCC1)N1CCC[C@@H](CCc2cccc(F)c2)C1. The highest BCUT2D eigenvalue weighted by Gasteiger charge is 2.29. The molecule has 2 fully saturated rings. The van der Waals surface area contributed by atoms with Gasteiger partial charge in [0.25, 0.3) is 0 Å². The summed E-state index contributed by atoms with van der Waals surface area (Å²) >= 11 is 0. The fourth-order valence-corrected chi connectivity index (χ4v) is 3.77. The van der Waals surface area contributed by atoms with Gasteiger partial charge in [0.2, 0.25) is 5.91 Å². The van der Waals surface area contributed by atoms with Gasteiger partial charge in [0.15, 0.2) is 0 Å². The number of ether oxygens (including phenoxy) is 1. The number of likely N-dealkylation sites (tertiary alicyclic amines) is 1. The molecular formula is C19H26FNO2. The van der Waals surface area contributed by atoms with E-state index < -0.39 is 0 Å². The molecule has 0 bridgehead atoms. The van der Waals surface area contributed by atoms with Crippen LogP contribution in [0.1, 0.15) is 37.7 Å². The van der Waals surface area contributed by atoms with Gasteiger partial charge in [-0.3, -0.25) is 4.79 Å². The zero-order valence-electron chi connectivity index (χ0n) is 13.7. The Balaban J connectivity index is 1.50. The number of amides is 1. The highest BCUT2D eigenvalue weighted by molar-refractivity contribution is 5.79. The van der Waals surface area contributed by atoms with Crippen LogP contribution in [0.3, 0.4) is 0 Å². The Labute approximate surface area is 137 Å². The van der Waals surface area contributed by atoms with Gasteiger partial charge >= 0.3 is 0 Å². The molecule has 2 aliphatic heterocycles. The van der Waals surface area contributed by atoms with Crippen molar-refractivity contribution in [2.24, 2.45) is 11.8 Å². The van der Waals surface area contributed by atoms with Crippen molar-refractivity contribution in [3.63, 3.8) is 0 Å². The average molecular weight is 319 g/mol. The van der Waals surface area contributed by atoms with Crippen LogP contribution in [0.4, 0.5) is 4.39 Å². The summed E-state index contributed by atoms with van der Waals surface area (Å²) in [4.78, 5) is 14.7. The molecule has 0 spiro atoms. The Morgan fingerprint density at radius 2 is 2.09 bits per heavy atom. The van der Waals surface area contributed by atoms with Crippen LogP contribution in [-0.4, -0.2) is 37.1 Å². The highest BCUT2D eigenvalue weighted by Crippen LogP contribution is 2.25. The Morgan fingerprint density at radius 1 is 1.26 bits per heavy atom. The fourth-order valence-electron chi connectivity index (χ4n) is 3.77. The van der Waals surface area contributed by atoms with Gasteiger partial charge in [-0.15, -0.1) is 0 Å². The number of rotatable bonds is 4. The van der Waals surface area contributed by atoms with Crippen LogP contribution in [0.2, 0.25) is 0 Å². The Bertz CT molecular complexity index is 528. The molecule has 0 aromatic heterocycles. The number of aryl methyl sites for hydroxylation is 1. The molecule has 4 heteroatoms. The van der Waals surface area contributed by atoms with Crippen LogP contribution in [0.15, 0.2) is 24.3 Å². The van der Waals surface area contributed by atoms with Crippen molar-refractivity contribution in [3.05, 3.63) is 35.6 Å². The lowest BCUT2D eigenvalue weighted by Crippen LogP contribution is -2.44. The summed E-state index contributed by atoms with van der Waals surface area (Å²) in [5.74, 6) is 0.854. The van der Waals surface area contributed by atoms with Crippen molar-refractivity contribution in [2.75, 3.05) is 26.3 Å². The third-order valence-corrected chi connectivity index (χ3v) is 5.13. The van der Waals surface area contributed by atoms with E-state index in [-0.39, 0.29) is 11.7 Å². The molecular weight excluding hydrogens is 293 g/mol. The largest absolute Gasteiger partial charge is 0.381 e. The maximum atomic E-state index is 13.2. The molecule has 0 N–H and O–H groups in total. The number of hydrogen-bond donors (Lipinski definition) is 0. The summed E-state index contributed by atoms with van der Waals surface area (Å²) in [6.07, 6.45) is 5.91. The maximum absolute atomic E-state index is 13.2. The second kappa shape index (κ2) is 7.91. The van der Waals surface area contributed by atoms with E-state index in [4.69, 9.17) is 4.74 Å². The zero-order valence-corrected chi connectivity index (χ0v) is 13.7. The molecule has 2 aliphatic rings. The maximum Gasteiger partial charge on any atom is 0.225 e. The van der Waals surface area contributed by atoms with E-state index in [0.717, 1.165) is 50.8 Å². The van der Waals surface area contributed by atoms with E-state index in [0.29, 0.717) is 25.0 Å². The van der Waals surface area contributed by atoms with Crippen molar-refractivity contribution in [2.45, 2.75) is 38.5 Å². The van der Waals surface area contributed by atoms with Gasteiger partial charge in [-0.05, 0) is 62.1 Å². The first kappa shape index (κ1) is 16.4. The first-order chi connectivity index (χ1) is 11.2. The third-order valence-electron chi connectivity index (χ3n) is 5.13. The minimum atomic E-state index is -0.164. The summed E-state index contributed by atoms with van der Waals surface area (Å²) < 4.78 is 18.6. The van der Waals surface area contributed by atoms with Crippen LogP contribution in [0.25, 0.3) is 0 Å². The molecule has 3 nitrogen and oxygen atoms in total. The number of nitrogens with zero attached hydrogens (tertiary/aromatic N) is 1. The quantitative estimate of drug-likeness (QED) is 0.851. The minimum Gasteiger partial charge on any atom is -0.381 e. The molecule has 1 aromatic rings. The number of carbonyl (C=O) groups is 1. The standard InChI is InChI=1S/C19H26FNO2/c20-18-5-1-3-15(13-18)6-7-16-4-2-10-21(14-16)19(22)17-8-11-23-12-9-17/h1,3,5,13,16-17H,2,4,6-12,14H2/t16-/m0/s1. The molecule has 0 saturated carbocycles. The van der Waals surface area contributed by atoms with E-state index >= 15 is 0 Å². The van der Waals surface area contributed by atoms with Gasteiger partial charge in [-0.2, -0.15) is 0 Å². The smallest absolute Gasteiger partial charge is 0.225 e. The monoisotopic (exact) mass is 319 g/mol. The van der Waals surface area contributed by atoms with Crippen molar-refractivity contribution in [1.82, 2.24) is 4.90 Å². The Hall–Kier alpha value is -1.42. The normalized spacial score (nSPS) is 23.0. The minimum absolute atomic E-state index is 0.158. The summed E-state index contributed by atoms with van der Waals surface area (Å²) in [7, 11) is 0. The molecule has 2 heterocycles. The number of halogens is 1. The molecule has 126 valence electrons. The number of piperidine rings is 1. The number of carbonyl (C=O) groups excluding carboxylic acids is 1. The van der Waals surface area contributed by atoms with E-state index in [1.807, 2.05) is 6.07 Å². The summed E-state index contributed by atoms with van der Waals surface area (Å²) in [5.41, 5.74) is 1.05. The van der Waals surface area contributed by atoms with E-state index in [1.54, 1.807) is 12.1 Å². The van der Waals surface area contributed by atoms with Crippen molar-refractivity contribution in [1.29, 1.82) is 0 Å². The molecule has 1 aromatic carbocycles. The number of hydrogen-bond acceptors (Lipinski definition) is 2. The molecule has 0 aliphatic carbocycles. The van der Waals surface area contributed by atoms with Crippen molar-refractivity contribution >= 4 is 5.91 Å². The third kappa shape index (κ3) is 4.54.